The van der Waals surface area contributed by atoms with Gasteiger partial charge in [-0.05, 0) is 18.7 Å². The number of aromatic amines is 1. The molecule has 0 aliphatic heterocycles. The molecule has 2 N–H and O–H groups in total. The Labute approximate surface area is 114 Å². The van der Waals surface area contributed by atoms with E-state index in [9.17, 15) is 4.39 Å². The standard InChI is InChI=1S/C12H12Cl2FN3/c1-2-16-6-12-17-5-11(18-12)7-3-10(15)9(14)4-8(7)13/h3-5,16H,2,6H2,1H3,(H,17,18). The van der Waals surface area contributed by atoms with Crippen molar-refractivity contribution in [2.45, 2.75) is 13.5 Å². The third-order valence-electron chi connectivity index (χ3n) is 2.47. The van der Waals surface area contributed by atoms with Gasteiger partial charge in [0.15, 0.2) is 0 Å². The highest BCUT2D eigenvalue weighted by Crippen LogP contribution is 2.31. The van der Waals surface area contributed by atoms with Gasteiger partial charge in [-0.3, -0.25) is 0 Å². The highest BCUT2D eigenvalue weighted by molar-refractivity contribution is 6.36. The molecule has 0 amide bonds. The first-order valence-electron chi connectivity index (χ1n) is 5.51. The fourth-order valence-electron chi connectivity index (χ4n) is 1.56. The van der Waals surface area contributed by atoms with Crippen LogP contribution in [0.15, 0.2) is 18.3 Å². The third-order valence-corrected chi connectivity index (χ3v) is 3.07. The monoisotopic (exact) mass is 287 g/mol. The molecule has 96 valence electrons. The Hall–Kier alpha value is -1.10. The number of nitrogens with one attached hydrogen (secondary N) is 2. The molecule has 18 heavy (non-hydrogen) atoms. The van der Waals surface area contributed by atoms with Crippen LogP contribution in [0.1, 0.15) is 12.7 Å². The van der Waals surface area contributed by atoms with Crippen LogP contribution < -0.4 is 5.32 Å². The zero-order valence-electron chi connectivity index (χ0n) is 9.73. The van der Waals surface area contributed by atoms with E-state index in [1.807, 2.05) is 6.92 Å². The predicted octanol–water partition coefficient (Wildman–Crippen LogP) is 3.63. The zero-order chi connectivity index (χ0) is 13.1. The number of H-pyrrole nitrogens is 1. The third kappa shape index (κ3) is 2.83. The predicted molar refractivity (Wildman–Crippen MR) is 71.4 cm³/mol. The van der Waals surface area contributed by atoms with E-state index in [1.54, 1.807) is 6.20 Å². The molecule has 0 aliphatic carbocycles. The van der Waals surface area contributed by atoms with Crippen molar-refractivity contribution in [2.24, 2.45) is 0 Å². The summed E-state index contributed by atoms with van der Waals surface area (Å²) in [6.07, 6.45) is 1.63. The number of rotatable bonds is 4. The summed E-state index contributed by atoms with van der Waals surface area (Å²) < 4.78 is 13.4. The second-order valence-electron chi connectivity index (χ2n) is 3.77. The normalized spacial score (nSPS) is 10.9. The van der Waals surface area contributed by atoms with Gasteiger partial charge in [-0.2, -0.15) is 0 Å². The van der Waals surface area contributed by atoms with E-state index < -0.39 is 5.82 Å². The fraction of sp³-hybridized carbons (Fsp3) is 0.250. The molecule has 0 bridgehead atoms. The van der Waals surface area contributed by atoms with Gasteiger partial charge in [-0.15, -0.1) is 0 Å². The molecule has 0 fully saturated rings. The molecule has 1 aromatic heterocycles. The minimum Gasteiger partial charge on any atom is -0.341 e. The second kappa shape index (κ2) is 5.69. The Morgan fingerprint density at radius 3 is 2.83 bits per heavy atom. The summed E-state index contributed by atoms with van der Waals surface area (Å²) in [7, 11) is 0. The van der Waals surface area contributed by atoms with E-state index in [0.29, 0.717) is 22.8 Å². The number of imidazole rings is 1. The molecular weight excluding hydrogens is 276 g/mol. The van der Waals surface area contributed by atoms with Gasteiger partial charge in [0, 0.05) is 5.56 Å². The van der Waals surface area contributed by atoms with Crippen molar-refractivity contribution >= 4 is 23.2 Å². The van der Waals surface area contributed by atoms with Gasteiger partial charge in [0.2, 0.25) is 0 Å². The van der Waals surface area contributed by atoms with E-state index in [2.05, 4.69) is 15.3 Å². The van der Waals surface area contributed by atoms with Gasteiger partial charge < -0.3 is 10.3 Å². The van der Waals surface area contributed by atoms with E-state index in [4.69, 9.17) is 23.2 Å². The van der Waals surface area contributed by atoms with Crippen LogP contribution in [0.4, 0.5) is 4.39 Å². The summed E-state index contributed by atoms with van der Waals surface area (Å²) in [6, 6.07) is 2.69. The van der Waals surface area contributed by atoms with Crippen molar-refractivity contribution in [3.8, 4) is 11.3 Å². The summed E-state index contributed by atoms with van der Waals surface area (Å²) in [5.74, 6) is 0.275. The summed E-state index contributed by atoms with van der Waals surface area (Å²) in [4.78, 5) is 7.28. The van der Waals surface area contributed by atoms with Crippen molar-refractivity contribution in [3.05, 3.63) is 40.0 Å². The minimum absolute atomic E-state index is 0.0103. The Bertz CT molecular complexity index is 554. The van der Waals surface area contributed by atoms with Crippen molar-refractivity contribution in [1.82, 2.24) is 15.3 Å². The number of aromatic nitrogens is 2. The Balaban J connectivity index is 2.31. The molecule has 0 saturated carbocycles. The van der Waals surface area contributed by atoms with Crippen LogP contribution in [0.5, 0.6) is 0 Å². The van der Waals surface area contributed by atoms with Crippen LogP contribution in [-0.4, -0.2) is 16.5 Å². The number of nitrogens with zero attached hydrogens (tertiary/aromatic N) is 1. The van der Waals surface area contributed by atoms with Crippen molar-refractivity contribution in [1.29, 1.82) is 0 Å². The topological polar surface area (TPSA) is 40.7 Å². The average molecular weight is 288 g/mol. The molecular formula is C12H12Cl2FN3. The first-order valence-corrected chi connectivity index (χ1v) is 6.27. The number of halogens is 3. The molecule has 0 radical (unpaired) electrons. The first kappa shape index (κ1) is 13.3. The van der Waals surface area contributed by atoms with Crippen LogP contribution in [0, 0.1) is 5.82 Å². The smallest absolute Gasteiger partial charge is 0.142 e. The van der Waals surface area contributed by atoms with E-state index in [1.165, 1.54) is 12.1 Å². The maximum Gasteiger partial charge on any atom is 0.142 e. The zero-order valence-corrected chi connectivity index (χ0v) is 11.2. The van der Waals surface area contributed by atoms with E-state index in [-0.39, 0.29) is 5.02 Å². The van der Waals surface area contributed by atoms with Gasteiger partial charge >= 0.3 is 0 Å². The lowest BCUT2D eigenvalue weighted by Gasteiger charge is -2.03. The SMILES string of the molecule is CCNCc1ncc(-c2cc(F)c(Cl)cc2Cl)[nH]1. The highest BCUT2D eigenvalue weighted by atomic mass is 35.5. The molecule has 1 heterocycles. The van der Waals surface area contributed by atoms with Gasteiger partial charge in [0.25, 0.3) is 0 Å². The molecule has 0 saturated heterocycles. The first-order chi connectivity index (χ1) is 8.61. The maximum absolute atomic E-state index is 13.4. The summed E-state index contributed by atoms with van der Waals surface area (Å²) in [5.41, 5.74) is 1.22. The van der Waals surface area contributed by atoms with E-state index >= 15 is 0 Å². The van der Waals surface area contributed by atoms with Gasteiger partial charge in [0.1, 0.15) is 11.6 Å². The quantitative estimate of drug-likeness (QED) is 0.843. The molecule has 2 aromatic rings. The molecule has 2 rings (SSSR count). The summed E-state index contributed by atoms with van der Waals surface area (Å²) >= 11 is 11.7. The number of benzene rings is 1. The highest BCUT2D eigenvalue weighted by Gasteiger charge is 2.11. The molecule has 0 atom stereocenters. The maximum atomic E-state index is 13.4. The van der Waals surface area contributed by atoms with Crippen LogP contribution in [0.25, 0.3) is 11.3 Å². The van der Waals surface area contributed by atoms with E-state index in [0.717, 1.165) is 12.4 Å². The molecule has 0 aliphatic rings. The van der Waals surface area contributed by atoms with Crippen molar-refractivity contribution in [2.75, 3.05) is 6.54 Å². The van der Waals surface area contributed by atoms with Crippen LogP contribution in [0.2, 0.25) is 10.0 Å². The molecule has 0 unspecified atom stereocenters. The minimum atomic E-state index is -0.501. The molecule has 1 aromatic carbocycles. The summed E-state index contributed by atoms with van der Waals surface area (Å²) in [5, 5.41) is 3.54. The van der Waals surface area contributed by atoms with Crippen molar-refractivity contribution < 1.29 is 4.39 Å². The van der Waals surface area contributed by atoms with Crippen LogP contribution >= 0.6 is 23.2 Å². The lowest BCUT2D eigenvalue weighted by Crippen LogP contribution is -2.12. The Morgan fingerprint density at radius 1 is 1.33 bits per heavy atom. The van der Waals surface area contributed by atoms with Gasteiger partial charge in [-0.25, -0.2) is 9.37 Å². The fourth-order valence-corrected chi connectivity index (χ4v) is 2.05. The molecule has 6 heteroatoms. The Kier molecular flexibility index (Phi) is 4.22. The average Bonchev–Trinajstić information content (AvgIpc) is 2.79. The second-order valence-corrected chi connectivity index (χ2v) is 4.58. The Morgan fingerprint density at radius 2 is 2.11 bits per heavy atom. The summed E-state index contributed by atoms with van der Waals surface area (Å²) in [6.45, 7) is 3.49. The largest absolute Gasteiger partial charge is 0.341 e. The van der Waals surface area contributed by atoms with Crippen LogP contribution in [-0.2, 0) is 6.54 Å². The lowest BCUT2D eigenvalue weighted by atomic mass is 10.1. The molecule has 0 spiro atoms. The van der Waals surface area contributed by atoms with Crippen molar-refractivity contribution in [3.63, 3.8) is 0 Å². The van der Waals surface area contributed by atoms with Gasteiger partial charge in [0.05, 0.1) is 28.5 Å². The van der Waals surface area contributed by atoms with Gasteiger partial charge in [-0.1, -0.05) is 30.1 Å². The number of hydrogen-bond acceptors (Lipinski definition) is 2. The van der Waals surface area contributed by atoms with Crippen LogP contribution in [0.3, 0.4) is 0 Å². The number of hydrogen-bond donors (Lipinski definition) is 2. The lowest BCUT2D eigenvalue weighted by molar-refractivity contribution is 0.628. The molecule has 3 nitrogen and oxygen atoms in total.